The van der Waals surface area contributed by atoms with Gasteiger partial charge in [0.1, 0.15) is 0 Å². The fraction of sp³-hybridized carbons (Fsp3) is 0.562. The minimum atomic E-state index is -3.26. The smallest absolute Gasteiger partial charge is 0.254 e. The van der Waals surface area contributed by atoms with Crippen molar-refractivity contribution >= 4 is 21.6 Å². The number of fused-ring (bicyclic) bond motifs is 1. The van der Waals surface area contributed by atoms with Crippen LogP contribution in [0.3, 0.4) is 0 Å². The summed E-state index contributed by atoms with van der Waals surface area (Å²) in [7, 11) is -3.26. The molecule has 23 heavy (non-hydrogen) atoms. The van der Waals surface area contributed by atoms with E-state index < -0.39 is 10.0 Å². The van der Waals surface area contributed by atoms with Gasteiger partial charge in [-0.25, -0.2) is 8.42 Å². The topological polar surface area (TPSA) is 66.9 Å². The van der Waals surface area contributed by atoms with Crippen molar-refractivity contribution in [1.82, 2.24) is 4.90 Å². The highest BCUT2D eigenvalue weighted by molar-refractivity contribution is 7.92. The molecule has 2 aliphatic heterocycles. The molecule has 0 N–H and O–H groups in total. The Bertz CT molecular complexity index is 732. The number of amides is 1. The molecule has 1 aromatic carbocycles. The van der Waals surface area contributed by atoms with Crippen LogP contribution in [0.15, 0.2) is 18.2 Å². The first-order valence-electron chi connectivity index (χ1n) is 7.80. The van der Waals surface area contributed by atoms with Crippen molar-refractivity contribution in [2.24, 2.45) is 0 Å². The molecule has 2 aliphatic rings. The van der Waals surface area contributed by atoms with Gasteiger partial charge >= 0.3 is 0 Å². The molecule has 0 aromatic heterocycles. The van der Waals surface area contributed by atoms with Crippen LogP contribution in [0.1, 0.15) is 29.8 Å². The quantitative estimate of drug-likeness (QED) is 0.814. The average Bonchev–Trinajstić information content (AvgIpc) is 2.92. The summed E-state index contributed by atoms with van der Waals surface area (Å²) in [6, 6.07) is 5.33. The van der Waals surface area contributed by atoms with Crippen LogP contribution < -0.4 is 4.31 Å². The monoisotopic (exact) mass is 338 g/mol. The van der Waals surface area contributed by atoms with E-state index >= 15 is 0 Å². The van der Waals surface area contributed by atoms with E-state index in [2.05, 4.69) is 0 Å². The zero-order valence-corrected chi connectivity index (χ0v) is 14.5. The number of hydrogen-bond donors (Lipinski definition) is 0. The normalized spacial score (nSPS) is 24.7. The molecule has 1 fully saturated rings. The zero-order chi connectivity index (χ0) is 16.8. The van der Waals surface area contributed by atoms with Crippen LogP contribution >= 0.6 is 0 Å². The lowest BCUT2D eigenvalue weighted by Gasteiger charge is -2.37. The Hall–Kier alpha value is -1.60. The van der Waals surface area contributed by atoms with Crippen LogP contribution in [0, 0.1) is 0 Å². The predicted molar refractivity (Wildman–Crippen MR) is 88.2 cm³/mol. The van der Waals surface area contributed by atoms with Crippen molar-refractivity contribution < 1.29 is 17.9 Å². The number of morpholine rings is 1. The number of anilines is 1. The van der Waals surface area contributed by atoms with Gasteiger partial charge in [-0.3, -0.25) is 9.10 Å². The highest BCUT2D eigenvalue weighted by Gasteiger charge is 2.30. The minimum absolute atomic E-state index is 0.0201. The standard InChI is InChI=1S/C16H22N2O4S/c1-11-10-22-12(2)9-17(11)16(19)14-4-5-15-13(8-14)6-7-18(15)23(3,20)21/h4-5,8,11-12H,6-7,9-10H2,1-3H3. The molecular weight excluding hydrogens is 316 g/mol. The Kier molecular flexibility index (Phi) is 4.10. The Balaban J connectivity index is 1.87. The van der Waals surface area contributed by atoms with Crippen LogP contribution in [0.2, 0.25) is 0 Å². The summed E-state index contributed by atoms with van der Waals surface area (Å²) in [4.78, 5) is 14.6. The zero-order valence-electron chi connectivity index (χ0n) is 13.7. The summed E-state index contributed by atoms with van der Waals surface area (Å²) in [5, 5.41) is 0. The van der Waals surface area contributed by atoms with E-state index in [4.69, 9.17) is 4.74 Å². The summed E-state index contributed by atoms with van der Waals surface area (Å²) < 4.78 is 30.5. The van der Waals surface area contributed by atoms with Crippen molar-refractivity contribution in [3.05, 3.63) is 29.3 Å². The van der Waals surface area contributed by atoms with Gasteiger partial charge in [0.15, 0.2) is 0 Å². The summed E-state index contributed by atoms with van der Waals surface area (Å²) in [6.45, 7) is 5.49. The van der Waals surface area contributed by atoms with Crippen molar-refractivity contribution in [1.29, 1.82) is 0 Å². The minimum Gasteiger partial charge on any atom is -0.375 e. The number of sulfonamides is 1. The number of carbonyl (C=O) groups is 1. The van der Waals surface area contributed by atoms with Crippen LogP contribution in [0.5, 0.6) is 0 Å². The molecule has 6 nitrogen and oxygen atoms in total. The maximum Gasteiger partial charge on any atom is 0.254 e. The first kappa shape index (κ1) is 16.3. The molecule has 1 saturated heterocycles. The Morgan fingerprint density at radius 3 is 2.74 bits per heavy atom. The Morgan fingerprint density at radius 1 is 1.30 bits per heavy atom. The maximum atomic E-state index is 12.8. The summed E-state index contributed by atoms with van der Waals surface area (Å²) in [6.07, 6.45) is 1.88. The van der Waals surface area contributed by atoms with Gasteiger partial charge < -0.3 is 9.64 Å². The molecule has 2 unspecified atom stereocenters. The van der Waals surface area contributed by atoms with Crippen LogP contribution in [0.25, 0.3) is 0 Å². The largest absolute Gasteiger partial charge is 0.375 e. The average molecular weight is 338 g/mol. The molecule has 0 spiro atoms. The fourth-order valence-electron chi connectivity index (χ4n) is 3.20. The highest BCUT2D eigenvalue weighted by atomic mass is 32.2. The van der Waals surface area contributed by atoms with Crippen LogP contribution in [-0.2, 0) is 21.2 Å². The van der Waals surface area contributed by atoms with E-state index in [-0.39, 0.29) is 18.1 Å². The molecule has 0 bridgehead atoms. The number of ether oxygens (including phenoxy) is 1. The van der Waals surface area contributed by atoms with Gasteiger partial charge in [0, 0.05) is 18.7 Å². The van der Waals surface area contributed by atoms with Gasteiger partial charge in [0.25, 0.3) is 5.91 Å². The molecule has 0 radical (unpaired) electrons. The second-order valence-electron chi connectivity index (χ2n) is 6.38. The molecule has 1 amide bonds. The van der Waals surface area contributed by atoms with Crippen molar-refractivity contribution in [2.75, 3.05) is 30.3 Å². The lowest BCUT2D eigenvalue weighted by molar-refractivity contribution is -0.0387. The SMILES string of the molecule is CC1CN(C(=O)c2ccc3c(c2)CCN3S(C)(=O)=O)C(C)CO1. The first-order valence-corrected chi connectivity index (χ1v) is 9.65. The van der Waals surface area contributed by atoms with Gasteiger partial charge in [-0.05, 0) is 44.0 Å². The van der Waals surface area contributed by atoms with Gasteiger partial charge in [0.05, 0.1) is 30.7 Å². The summed E-state index contributed by atoms with van der Waals surface area (Å²) in [5.74, 6) is -0.0201. The number of rotatable bonds is 2. The van der Waals surface area contributed by atoms with E-state index in [0.29, 0.717) is 37.4 Å². The molecule has 2 atom stereocenters. The Morgan fingerprint density at radius 2 is 2.04 bits per heavy atom. The second-order valence-corrected chi connectivity index (χ2v) is 8.29. The third kappa shape index (κ3) is 3.07. The summed E-state index contributed by atoms with van der Waals surface area (Å²) in [5.41, 5.74) is 2.21. The molecule has 7 heteroatoms. The van der Waals surface area contributed by atoms with Crippen molar-refractivity contribution in [3.8, 4) is 0 Å². The third-order valence-electron chi connectivity index (χ3n) is 4.45. The van der Waals surface area contributed by atoms with E-state index in [9.17, 15) is 13.2 Å². The van der Waals surface area contributed by atoms with Crippen LogP contribution in [0.4, 0.5) is 5.69 Å². The van der Waals surface area contributed by atoms with E-state index in [1.165, 1.54) is 10.6 Å². The van der Waals surface area contributed by atoms with Gasteiger partial charge in [-0.2, -0.15) is 0 Å². The van der Waals surface area contributed by atoms with E-state index in [1.807, 2.05) is 24.8 Å². The Labute approximate surface area is 137 Å². The van der Waals surface area contributed by atoms with Crippen LogP contribution in [-0.4, -0.2) is 57.3 Å². The van der Waals surface area contributed by atoms with Gasteiger partial charge in [-0.1, -0.05) is 0 Å². The molecule has 0 saturated carbocycles. The third-order valence-corrected chi connectivity index (χ3v) is 5.63. The van der Waals surface area contributed by atoms with Gasteiger partial charge in [-0.15, -0.1) is 0 Å². The molecule has 0 aliphatic carbocycles. The molecule has 1 aromatic rings. The number of benzene rings is 1. The molecular formula is C16H22N2O4S. The number of hydrogen-bond acceptors (Lipinski definition) is 4. The lowest BCUT2D eigenvalue weighted by atomic mass is 10.1. The fourth-order valence-corrected chi connectivity index (χ4v) is 4.16. The number of nitrogens with zero attached hydrogens (tertiary/aromatic N) is 2. The maximum absolute atomic E-state index is 12.8. The van der Waals surface area contributed by atoms with Crippen molar-refractivity contribution in [2.45, 2.75) is 32.4 Å². The van der Waals surface area contributed by atoms with Crippen molar-refractivity contribution in [3.63, 3.8) is 0 Å². The molecule has 2 heterocycles. The van der Waals surface area contributed by atoms with Gasteiger partial charge in [0.2, 0.25) is 10.0 Å². The lowest BCUT2D eigenvalue weighted by Crippen LogP contribution is -2.50. The number of carbonyl (C=O) groups excluding carboxylic acids is 1. The molecule has 126 valence electrons. The molecule has 3 rings (SSSR count). The second kappa shape index (κ2) is 5.79. The van der Waals surface area contributed by atoms with E-state index in [1.54, 1.807) is 12.1 Å². The summed E-state index contributed by atoms with van der Waals surface area (Å²) >= 11 is 0. The predicted octanol–water partition coefficient (Wildman–Crippen LogP) is 1.26. The van der Waals surface area contributed by atoms with E-state index in [0.717, 1.165) is 5.56 Å². The highest BCUT2D eigenvalue weighted by Crippen LogP contribution is 2.31. The first-order chi connectivity index (χ1) is 10.8.